The average Bonchev–Trinajstić information content (AvgIpc) is 3.21. The summed E-state index contributed by atoms with van der Waals surface area (Å²) in [5.74, 6) is 0. The zero-order valence-electron chi connectivity index (χ0n) is 16.5. The standard InChI is InChI=1S/C18H23N5O5S/c1-10-13(8-22-17(25)19-9-20-22)29-16-14(10)15(24)23(11-6-12(7-11)28-3)18(26)21(16)4-5-27-2/h9,11-12H,4-8H2,1-3H3,(H,19,20,25)/t11-,12+. The molecule has 10 nitrogen and oxygen atoms in total. The highest BCUT2D eigenvalue weighted by Gasteiger charge is 2.34. The molecule has 11 heteroatoms. The number of hydrogen-bond donors (Lipinski definition) is 1. The van der Waals surface area contributed by atoms with Gasteiger partial charge in [-0.05, 0) is 25.3 Å². The van der Waals surface area contributed by atoms with Gasteiger partial charge in [0.1, 0.15) is 11.2 Å². The van der Waals surface area contributed by atoms with Crippen LogP contribution in [-0.2, 0) is 22.6 Å². The van der Waals surface area contributed by atoms with Gasteiger partial charge in [0, 0.05) is 25.1 Å². The van der Waals surface area contributed by atoms with E-state index in [9.17, 15) is 14.4 Å². The van der Waals surface area contributed by atoms with Gasteiger partial charge in [0.05, 0.1) is 31.2 Å². The molecule has 156 valence electrons. The fourth-order valence-electron chi connectivity index (χ4n) is 3.73. The molecular weight excluding hydrogens is 398 g/mol. The molecule has 0 unspecified atom stereocenters. The zero-order chi connectivity index (χ0) is 20.7. The molecule has 29 heavy (non-hydrogen) atoms. The minimum atomic E-state index is -0.330. The second kappa shape index (κ2) is 7.73. The van der Waals surface area contributed by atoms with E-state index in [0.717, 1.165) is 10.4 Å². The van der Waals surface area contributed by atoms with Crippen LogP contribution < -0.4 is 16.9 Å². The minimum Gasteiger partial charge on any atom is -0.383 e. The number of H-pyrrole nitrogens is 1. The molecule has 0 atom stereocenters. The van der Waals surface area contributed by atoms with Gasteiger partial charge in [-0.15, -0.1) is 11.3 Å². The Labute approximate surface area is 169 Å². The van der Waals surface area contributed by atoms with Gasteiger partial charge in [-0.3, -0.25) is 18.9 Å². The van der Waals surface area contributed by atoms with Gasteiger partial charge < -0.3 is 9.47 Å². The van der Waals surface area contributed by atoms with Crippen LogP contribution in [0.4, 0.5) is 0 Å². The summed E-state index contributed by atoms with van der Waals surface area (Å²) in [5, 5.41) is 4.51. The Hall–Kier alpha value is -2.50. The van der Waals surface area contributed by atoms with Crippen LogP contribution >= 0.6 is 11.3 Å². The highest BCUT2D eigenvalue weighted by molar-refractivity contribution is 7.18. The Kier molecular flexibility index (Phi) is 5.28. The number of aromatic nitrogens is 5. The van der Waals surface area contributed by atoms with Crippen molar-refractivity contribution in [2.24, 2.45) is 0 Å². The van der Waals surface area contributed by atoms with Crippen LogP contribution in [0.3, 0.4) is 0 Å². The topological polar surface area (TPSA) is 113 Å². The normalized spacial score (nSPS) is 19.0. The van der Waals surface area contributed by atoms with Gasteiger partial charge in [-0.25, -0.2) is 14.3 Å². The molecule has 0 aliphatic heterocycles. The summed E-state index contributed by atoms with van der Waals surface area (Å²) in [6, 6.07) is -0.171. The zero-order valence-corrected chi connectivity index (χ0v) is 17.3. The maximum atomic E-state index is 13.3. The van der Waals surface area contributed by atoms with Crippen molar-refractivity contribution in [3.05, 3.63) is 48.1 Å². The highest BCUT2D eigenvalue weighted by Crippen LogP contribution is 2.34. The van der Waals surface area contributed by atoms with Gasteiger partial charge in [-0.2, -0.15) is 5.10 Å². The predicted octanol–water partition coefficient (Wildman–Crippen LogP) is 0.463. The van der Waals surface area contributed by atoms with Crippen LogP contribution in [0.5, 0.6) is 0 Å². The maximum Gasteiger partial charge on any atom is 0.343 e. The highest BCUT2D eigenvalue weighted by atomic mass is 32.1. The monoisotopic (exact) mass is 421 g/mol. The maximum absolute atomic E-state index is 13.3. The molecular formula is C18H23N5O5S. The summed E-state index contributed by atoms with van der Waals surface area (Å²) in [6.07, 6.45) is 2.68. The first-order chi connectivity index (χ1) is 14.0. The second-order valence-corrected chi connectivity index (χ2v) is 8.25. The van der Waals surface area contributed by atoms with Crippen molar-refractivity contribution in [2.45, 2.75) is 45.0 Å². The molecule has 3 heterocycles. The van der Waals surface area contributed by atoms with Crippen LogP contribution in [0.2, 0.25) is 0 Å². The van der Waals surface area contributed by atoms with Crippen molar-refractivity contribution in [1.82, 2.24) is 23.9 Å². The van der Waals surface area contributed by atoms with Crippen molar-refractivity contribution in [2.75, 3.05) is 20.8 Å². The van der Waals surface area contributed by atoms with Crippen LogP contribution in [0.1, 0.15) is 29.3 Å². The van der Waals surface area contributed by atoms with E-state index < -0.39 is 0 Å². The Bertz CT molecular complexity index is 1210. The van der Waals surface area contributed by atoms with Crippen LogP contribution in [-0.4, -0.2) is 50.8 Å². The molecule has 3 aromatic rings. The Balaban J connectivity index is 1.89. The van der Waals surface area contributed by atoms with E-state index in [2.05, 4.69) is 10.1 Å². The Morgan fingerprint density at radius 2 is 2.03 bits per heavy atom. The largest absolute Gasteiger partial charge is 0.383 e. The third-order valence-corrected chi connectivity index (χ3v) is 6.84. The van der Waals surface area contributed by atoms with E-state index in [4.69, 9.17) is 9.47 Å². The van der Waals surface area contributed by atoms with Gasteiger partial charge in [-0.1, -0.05) is 0 Å². The number of thiophene rings is 1. The molecule has 3 aromatic heterocycles. The number of nitrogens with zero attached hydrogens (tertiary/aromatic N) is 4. The molecule has 1 fully saturated rings. The van der Waals surface area contributed by atoms with Gasteiger partial charge in [0.15, 0.2) is 0 Å². The summed E-state index contributed by atoms with van der Waals surface area (Å²) in [6.45, 7) is 2.78. The summed E-state index contributed by atoms with van der Waals surface area (Å²) in [5.41, 5.74) is -0.167. The van der Waals surface area contributed by atoms with Crippen molar-refractivity contribution >= 4 is 21.6 Å². The van der Waals surface area contributed by atoms with E-state index in [1.807, 2.05) is 6.92 Å². The molecule has 0 amide bonds. The fourth-order valence-corrected chi connectivity index (χ4v) is 5.03. The number of nitrogens with one attached hydrogen (secondary N) is 1. The molecule has 0 radical (unpaired) electrons. The molecule has 0 bridgehead atoms. The van der Waals surface area contributed by atoms with E-state index in [1.165, 1.54) is 26.9 Å². The van der Waals surface area contributed by atoms with Gasteiger partial charge in [0.2, 0.25) is 0 Å². The Morgan fingerprint density at radius 1 is 1.28 bits per heavy atom. The predicted molar refractivity (Wildman–Crippen MR) is 108 cm³/mol. The molecule has 1 aliphatic carbocycles. The first-order valence-corrected chi connectivity index (χ1v) is 10.2. The fraction of sp³-hybridized carbons (Fsp3) is 0.556. The molecule has 1 aliphatic rings. The minimum absolute atomic E-state index is 0.0695. The van der Waals surface area contributed by atoms with Gasteiger partial charge >= 0.3 is 11.4 Å². The summed E-state index contributed by atoms with van der Waals surface area (Å²) in [4.78, 5) is 42.2. The van der Waals surface area contributed by atoms with Crippen molar-refractivity contribution in [1.29, 1.82) is 0 Å². The quantitative estimate of drug-likeness (QED) is 0.593. The first kappa shape index (κ1) is 19.8. The molecule has 0 saturated heterocycles. The van der Waals surface area contributed by atoms with Crippen LogP contribution in [0.15, 0.2) is 20.7 Å². The summed E-state index contributed by atoms with van der Waals surface area (Å²) < 4.78 is 14.7. The SMILES string of the molecule is COCCn1c(=O)n([C@H]2C[C@@H](OC)C2)c(=O)c2c(C)c(Cn3nc[nH]c3=O)sc21. The lowest BCUT2D eigenvalue weighted by Gasteiger charge is -2.35. The average molecular weight is 421 g/mol. The molecule has 1 saturated carbocycles. The number of rotatable bonds is 7. The lowest BCUT2D eigenvalue weighted by molar-refractivity contribution is 0.00357. The van der Waals surface area contributed by atoms with Gasteiger partial charge in [0.25, 0.3) is 5.56 Å². The number of methoxy groups -OCH3 is 2. The Morgan fingerprint density at radius 3 is 2.66 bits per heavy atom. The smallest absolute Gasteiger partial charge is 0.343 e. The van der Waals surface area contributed by atoms with Crippen LogP contribution in [0.25, 0.3) is 10.2 Å². The van der Waals surface area contributed by atoms with Crippen molar-refractivity contribution in [3.63, 3.8) is 0 Å². The number of fused-ring (bicyclic) bond motifs is 1. The molecule has 0 spiro atoms. The second-order valence-electron chi connectivity index (χ2n) is 7.17. The van der Waals surface area contributed by atoms with E-state index in [0.29, 0.717) is 36.2 Å². The van der Waals surface area contributed by atoms with E-state index >= 15 is 0 Å². The molecule has 4 rings (SSSR count). The van der Waals surface area contributed by atoms with E-state index in [-0.39, 0.29) is 35.6 Å². The summed E-state index contributed by atoms with van der Waals surface area (Å²) >= 11 is 1.34. The first-order valence-electron chi connectivity index (χ1n) is 9.35. The molecule has 1 N–H and O–H groups in total. The molecule has 0 aromatic carbocycles. The third kappa shape index (κ3) is 3.28. The van der Waals surface area contributed by atoms with Crippen LogP contribution in [0, 0.1) is 6.92 Å². The number of ether oxygens (including phenoxy) is 2. The van der Waals surface area contributed by atoms with Crippen molar-refractivity contribution in [3.8, 4) is 0 Å². The van der Waals surface area contributed by atoms with Crippen molar-refractivity contribution < 1.29 is 9.47 Å². The number of aromatic amines is 1. The van der Waals surface area contributed by atoms with E-state index in [1.54, 1.807) is 18.8 Å². The number of hydrogen-bond acceptors (Lipinski definition) is 7. The lowest BCUT2D eigenvalue weighted by atomic mass is 9.89. The summed E-state index contributed by atoms with van der Waals surface area (Å²) in [7, 11) is 3.21. The third-order valence-electron chi connectivity index (χ3n) is 5.54. The lowest BCUT2D eigenvalue weighted by Crippen LogP contribution is -2.47. The number of aryl methyl sites for hydroxylation is 1.